The molecule has 1 heterocycles. The summed E-state index contributed by atoms with van der Waals surface area (Å²) in [7, 11) is 1.50. The summed E-state index contributed by atoms with van der Waals surface area (Å²) in [4.78, 5) is 7.82. The van der Waals surface area contributed by atoms with Crippen LogP contribution in [0.15, 0.2) is 6.33 Å². The normalized spacial score (nSPS) is 10.6. The standard InChI is InChI=1S/C10H12ClN3O/c1-5-10(2,3)14-9-7(15-4)8(11)12-6-13-9/h1,6H,2-4H3,(H,12,13,14). The maximum absolute atomic E-state index is 5.83. The number of hydrogen-bond donors (Lipinski definition) is 1. The number of halogens is 1. The van der Waals surface area contributed by atoms with Crippen LogP contribution in [-0.2, 0) is 0 Å². The van der Waals surface area contributed by atoms with E-state index in [0.717, 1.165) is 0 Å². The van der Waals surface area contributed by atoms with Gasteiger partial charge in [0.25, 0.3) is 0 Å². The number of hydrogen-bond acceptors (Lipinski definition) is 4. The van der Waals surface area contributed by atoms with Gasteiger partial charge >= 0.3 is 0 Å². The van der Waals surface area contributed by atoms with Crippen LogP contribution in [-0.4, -0.2) is 22.6 Å². The number of terminal acetylenes is 1. The van der Waals surface area contributed by atoms with Gasteiger partial charge in [-0.05, 0) is 13.8 Å². The van der Waals surface area contributed by atoms with Gasteiger partial charge in [-0.1, -0.05) is 17.5 Å². The number of nitrogens with one attached hydrogen (secondary N) is 1. The third-order valence-corrected chi connectivity index (χ3v) is 2.03. The third-order valence-electron chi connectivity index (χ3n) is 1.76. The summed E-state index contributed by atoms with van der Waals surface area (Å²) in [6, 6.07) is 0. The third kappa shape index (κ3) is 2.74. The Bertz CT molecular complexity index is 398. The summed E-state index contributed by atoms with van der Waals surface area (Å²) < 4.78 is 5.08. The lowest BCUT2D eigenvalue weighted by Crippen LogP contribution is -2.29. The number of anilines is 1. The molecule has 4 nitrogen and oxygen atoms in total. The second kappa shape index (κ2) is 4.37. The zero-order chi connectivity index (χ0) is 11.5. The van der Waals surface area contributed by atoms with Crippen molar-refractivity contribution in [3.63, 3.8) is 0 Å². The molecule has 1 aromatic heterocycles. The maximum Gasteiger partial charge on any atom is 0.198 e. The van der Waals surface area contributed by atoms with Crippen molar-refractivity contribution in [1.29, 1.82) is 0 Å². The molecule has 0 unspecified atom stereocenters. The smallest absolute Gasteiger partial charge is 0.198 e. The van der Waals surface area contributed by atoms with Gasteiger partial charge in [0, 0.05) is 0 Å². The molecule has 0 bridgehead atoms. The molecule has 0 saturated heterocycles. The van der Waals surface area contributed by atoms with E-state index in [1.807, 2.05) is 13.8 Å². The largest absolute Gasteiger partial charge is 0.490 e. The molecule has 5 heteroatoms. The summed E-state index contributed by atoms with van der Waals surface area (Å²) in [5.74, 6) is 3.47. The second-order valence-electron chi connectivity index (χ2n) is 3.44. The van der Waals surface area contributed by atoms with Gasteiger partial charge in [0.2, 0.25) is 0 Å². The molecule has 0 radical (unpaired) electrons. The average molecular weight is 226 g/mol. The second-order valence-corrected chi connectivity index (χ2v) is 3.80. The first-order valence-electron chi connectivity index (χ1n) is 4.30. The molecular formula is C10H12ClN3O. The SMILES string of the molecule is C#CC(C)(C)Nc1ncnc(Cl)c1OC. The Morgan fingerprint density at radius 3 is 2.73 bits per heavy atom. The molecule has 0 aromatic carbocycles. The Labute approximate surface area is 94.0 Å². The van der Waals surface area contributed by atoms with Gasteiger partial charge in [-0.3, -0.25) is 0 Å². The summed E-state index contributed by atoms with van der Waals surface area (Å²) in [6.07, 6.45) is 6.70. The number of aromatic nitrogens is 2. The minimum Gasteiger partial charge on any atom is -0.490 e. The van der Waals surface area contributed by atoms with Gasteiger partial charge < -0.3 is 10.1 Å². The first-order valence-corrected chi connectivity index (χ1v) is 4.68. The van der Waals surface area contributed by atoms with Crippen LogP contribution < -0.4 is 10.1 Å². The summed E-state index contributed by atoms with van der Waals surface area (Å²) in [5.41, 5.74) is -0.523. The molecule has 1 aromatic rings. The zero-order valence-corrected chi connectivity index (χ0v) is 9.59. The molecule has 1 N–H and O–H groups in total. The Hall–Kier alpha value is -1.47. The fraction of sp³-hybridized carbons (Fsp3) is 0.400. The quantitative estimate of drug-likeness (QED) is 0.631. The molecule has 80 valence electrons. The highest BCUT2D eigenvalue weighted by Gasteiger charge is 2.18. The molecule has 0 aliphatic heterocycles. The lowest BCUT2D eigenvalue weighted by Gasteiger charge is -2.21. The molecule has 15 heavy (non-hydrogen) atoms. The molecule has 0 fully saturated rings. The van der Waals surface area contributed by atoms with E-state index in [1.165, 1.54) is 13.4 Å². The van der Waals surface area contributed by atoms with Crippen molar-refractivity contribution in [2.24, 2.45) is 0 Å². The van der Waals surface area contributed by atoms with E-state index in [-0.39, 0.29) is 5.15 Å². The van der Waals surface area contributed by atoms with Gasteiger partial charge in [-0.15, -0.1) is 6.42 Å². The fourth-order valence-corrected chi connectivity index (χ4v) is 1.16. The van der Waals surface area contributed by atoms with Crippen molar-refractivity contribution in [3.8, 4) is 18.1 Å². The van der Waals surface area contributed by atoms with Crippen molar-refractivity contribution in [2.75, 3.05) is 12.4 Å². The molecule has 0 atom stereocenters. The van der Waals surface area contributed by atoms with Crippen LogP contribution >= 0.6 is 11.6 Å². The van der Waals surface area contributed by atoms with Gasteiger partial charge in [0.1, 0.15) is 6.33 Å². The van der Waals surface area contributed by atoms with Crippen LogP contribution in [0.25, 0.3) is 0 Å². The van der Waals surface area contributed by atoms with Crippen LogP contribution in [0.1, 0.15) is 13.8 Å². The van der Waals surface area contributed by atoms with Gasteiger partial charge in [0.05, 0.1) is 12.6 Å². The van der Waals surface area contributed by atoms with Crippen molar-refractivity contribution in [2.45, 2.75) is 19.4 Å². The molecule has 0 aliphatic carbocycles. The first-order chi connectivity index (χ1) is 7.00. The van der Waals surface area contributed by atoms with E-state index >= 15 is 0 Å². The van der Waals surface area contributed by atoms with Crippen LogP contribution in [0.3, 0.4) is 0 Å². The average Bonchev–Trinajstić information content (AvgIpc) is 2.18. The maximum atomic E-state index is 5.83. The summed E-state index contributed by atoms with van der Waals surface area (Å²) >= 11 is 5.83. The topological polar surface area (TPSA) is 47.0 Å². The Kier molecular flexibility index (Phi) is 3.38. The number of rotatable bonds is 3. The van der Waals surface area contributed by atoms with E-state index in [2.05, 4.69) is 21.2 Å². The molecule has 0 spiro atoms. The lowest BCUT2D eigenvalue weighted by molar-refractivity contribution is 0.412. The highest BCUT2D eigenvalue weighted by Crippen LogP contribution is 2.29. The predicted octanol–water partition coefficient (Wildman–Crippen LogP) is 1.96. The van der Waals surface area contributed by atoms with Crippen molar-refractivity contribution < 1.29 is 4.74 Å². The van der Waals surface area contributed by atoms with Crippen molar-refractivity contribution in [3.05, 3.63) is 11.5 Å². The Balaban J connectivity index is 3.06. The Morgan fingerprint density at radius 1 is 1.53 bits per heavy atom. The minimum atomic E-state index is -0.523. The first kappa shape index (κ1) is 11.6. The fourth-order valence-electron chi connectivity index (χ4n) is 0.954. The molecular weight excluding hydrogens is 214 g/mol. The summed E-state index contributed by atoms with van der Waals surface area (Å²) in [6.45, 7) is 3.70. The van der Waals surface area contributed by atoms with E-state index < -0.39 is 5.54 Å². The number of ether oxygens (including phenoxy) is 1. The molecule has 0 aliphatic rings. The predicted molar refractivity (Wildman–Crippen MR) is 60.1 cm³/mol. The molecule has 1 rings (SSSR count). The minimum absolute atomic E-state index is 0.253. The number of methoxy groups -OCH3 is 1. The van der Waals surface area contributed by atoms with E-state index in [1.54, 1.807) is 0 Å². The number of nitrogens with zero attached hydrogens (tertiary/aromatic N) is 2. The monoisotopic (exact) mass is 225 g/mol. The molecule has 0 amide bonds. The van der Waals surface area contributed by atoms with Crippen molar-refractivity contribution >= 4 is 17.4 Å². The van der Waals surface area contributed by atoms with E-state index in [4.69, 9.17) is 22.8 Å². The van der Waals surface area contributed by atoms with Gasteiger partial charge in [-0.2, -0.15) is 0 Å². The van der Waals surface area contributed by atoms with Gasteiger partial charge in [0.15, 0.2) is 16.7 Å². The van der Waals surface area contributed by atoms with Crippen LogP contribution in [0.4, 0.5) is 5.82 Å². The van der Waals surface area contributed by atoms with Crippen LogP contribution in [0, 0.1) is 12.3 Å². The highest BCUT2D eigenvalue weighted by molar-refractivity contribution is 6.31. The van der Waals surface area contributed by atoms with E-state index in [0.29, 0.717) is 11.6 Å². The highest BCUT2D eigenvalue weighted by atomic mass is 35.5. The molecule has 0 saturated carbocycles. The van der Waals surface area contributed by atoms with Crippen molar-refractivity contribution in [1.82, 2.24) is 9.97 Å². The lowest BCUT2D eigenvalue weighted by atomic mass is 10.1. The van der Waals surface area contributed by atoms with Crippen LogP contribution in [0.2, 0.25) is 5.15 Å². The van der Waals surface area contributed by atoms with Gasteiger partial charge in [-0.25, -0.2) is 9.97 Å². The zero-order valence-electron chi connectivity index (χ0n) is 8.84. The van der Waals surface area contributed by atoms with Crippen LogP contribution in [0.5, 0.6) is 5.75 Å². The Morgan fingerprint density at radius 2 is 2.20 bits per heavy atom. The summed E-state index contributed by atoms with van der Waals surface area (Å²) in [5, 5.41) is 3.28. The van der Waals surface area contributed by atoms with E-state index in [9.17, 15) is 0 Å².